The van der Waals surface area contributed by atoms with Gasteiger partial charge in [-0.05, 0) is 69.2 Å². The maximum atomic E-state index is 14.9. The molecular weight excluding hydrogens is 619 g/mol. The zero-order valence-electron chi connectivity index (χ0n) is 24.4. The number of halogens is 2. The molecule has 3 heterocycles. The molecule has 1 aromatic heterocycles. The van der Waals surface area contributed by atoms with Gasteiger partial charge in [0, 0.05) is 16.0 Å². The summed E-state index contributed by atoms with van der Waals surface area (Å²) in [6.45, 7) is 5.08. The van der Waals surface area contributed by atoms with E-state index in [9.17, 15) is 19.7 Å². The average Bonchev–Trinajstić information content (AvgIpc) is 3.51. The highest BCUT2D eigenvalue weighted by molar-refractivity contribution is 6.35. The van der Waals surface area contributed by atoms with Crippen LogP contribution in [0.2, 0.25) is 10.0 Å². The zero-order valence-corrected chi connectivity index (χ0v) is 25.9. The number of ether oxygens (including phenoxy) is 1. The van der Waals surface area contributed by atoms with E-state index in [2.05, 4.69) is 5.16 Å². The van der Waals surface area contributed by atoms with E-state index >= 15 is 0 Å². The van der Waals surface area contributed by atoms with Crippen LogP contribution in [0.3, 0.4) is 0 Å². The number of aromatic nitrogens is 1. The number of hydrazone groups is 1. The third-order valence-electron chi connectivity index (χ3n) is 9.29. The summed E-state index contributed by atoms with van der Waals surface area (Å²) in [6, 6.07) is 19.2. The van der Waals surface area contributed by atoms with Gasteiger partial charge in [0.1, 0.15) is 11.9 Å². The van der Waals surface area contributed by atoms with Gasteiger partial charge in [-0.1, -0.05) is 64.3 Å². The molecule has 1 spiro atoms. The minimum absolute atomic E-state index is 0.0163. The molecule has 4 aromatic rings. The van der Waals surface area contributed by atoms with Crippen LogP contribution in [0.25, 0.3) is 0 Å². The number of hydrogen-bond donors (Lipinski definition) is 0. The molecule has 12 heteroatoms. The fourth-order valence-corrected chi connectivity index (χ4v) is 7.85. The second-order valence-corrected chi connectivity index (χ2v) is 12.6. The number of ketones is 1. The lowest BCUT2D eigenvalue weighted by Crippen LogP contribution is -2.58. The summed E-state index contributed by atoms with van der Waals surface area (Å²) in [5.74, 6) is -3.26. The van der Waals surface area contributed by atoms with Crippen molar-refractivity contribution in [3.63, 3.8) is 0 Å². The number of carbonyl (C=O) groups is 2. The van der Waals surface area contributed by atoms with Gasteiger partial charge >= 0.3 is 5.69 Å². The Bertz CT molecular complexity index is 1940. The molecule has 3 aliphatic rings. The second-order valence-electron chi connectivity index (χ2n) is 11.8. The van der Waals surface area contributed by atoms with Gasteiger partial charge in [-0.3, -0.25) is 19.7 Å². The summed E-state index contributed by atoms with van der Waals surface area (Å²) in [5.41, 5.74) is 0.922. The molecule has 1 aliphatic carbocycles. The highest BCUT2D eigenvalue weighted by Gasteiger charge is 2.67. The molecule has 2 aliphatic heterocycles. The topological polar surface area (TPSA) is 128 Å². The van der Waals surface area contributed by atoms with Gasteiger partial charge in [-0.15, -0.1) is 0 Å². The van der Waals surface area contributed by atoms with E-state index in [0.29, 0.717) is 33.3 Å². The molecule has 5 atom stereocenters. The molecule has 7 rings (SSSR count). The number of benzene rings is 3. The van der Waals surface area contributed by atoms with Crippen molar-refractivity contribution in [2.45, 2.75) is 45.1 Å². The number of carbonyl (C=O) groups excluding carboxylic acids is 2. The Labute approximate surface area is 267 Å². The number of Topliss-reactive ketones (excluding diaryl/α,β-unsaturated/α-hetero) is 1. The molecule has 0 bridgehead atoms. The summed E-state index contributed by atoms with van der Waals surface area (Å²) in [4.78, 5) is 41.3. The summed E-state index contributed by atoms with van der Waals surface area (Å²) in [6.07, 6.45) is -0.949. The van der Waals surface area contributed by atoms with Crippen LogP contribution in [-0.2, 0) is 4.79 Å². The molecule has 0 N–H and O–H groups in total. The smallest absolute Gasteiger partial charge is 0.334 e. The Morgan fingerprint density at radius 2 is 1.78 bits per heavy atom. The van der Waals surface area contributed by atoms with Crippen molar-refractivity contribution in [2.24, 2.45) is 16.4 Å². The average molecular weight is 645 g/mol. The standard InChI is InChI=1S/C33H26Cl2N4O6/c1-16-9-12-25-22(13-16)29(40)23-15-33(18(3)36-38(32(33)41)20-7-5-4-6-8-20)27(21-11-10-19(34)14-24(21)35)26(30(23)44-25)31-28(39(42)43)17(2)37-45-31/h4-14,23,26-27,30H,15H2,1-3H3/t23-,26-,27-,30-,33-/m1/s1. The van der Waals surface area contributed by atoms with Gasteiger partial charge in [-0.2, -0.15) is 10.1 Å². The molecule has 228 valence electrons. The minimum Gasteiger partial charge on any atom is -0.488 e. The summed E-state index contributed by atoms with van der Waals surface area (Å²) in [7, 11) is 0. The van der Waals surface area contributed by atoms with E-state index in [1.54, 1.807) is 61.5 Å². The lowest BCUT2D eigenvalue weighted by Gasteiger charge is -2.51. The number of nitro groups is 1. The van der Waals surface area contributed by atoms with Gasteiger partial charge in [-0.25, -0.2) is 0 Å². The van der Waals surface area contributed by atoms with E-state index in [1.807, 2.05) is 19.1 Å². The number of hydrogen-bond acceptors (Lipinski definition) is 8. The lowest BCUT2D eigenvalue weighted by molar-refractivity contribution is -0.387. The number of aryl methyl sites for hydroxylation is 2. The quantitative estimate of drug-likeness (QED) is 0.167. The van der Waals surface area contributed by atoms with Crippen LogP contribution in [0.15, 0.2) is 76.4 Å². The Balaban J connectivity index is 1.54. The first-order valence-corrected chi connectivity index (χ1v) is 15.1. The number of fused-ring (bicyclic) bond motifs is 2. The first-order chi connectivity index (χ1) is 21.5. The molecule has 1 amide bonds. The predicted molar refractivity (Wildman–Crippen MR) is 167 cm³/mol. The SMILES string of the molecule is CC1=NN(c2ccccc2)C(=O)[C@]12C[C@@H]1C(=O)c3cc(C)ccc3O[C@H]1[C@H](c1onc(C)c1[N+](=O)[O-])[C@H]2c1ccc(Cl)cc1Cl. The van der Waals surface area contributed by atoms with E-state index in [1.165, 1.54) is 11.9 Å². The summed E-state index contributed by atoms with van der Waals surface area (Å²) in [5, 5.41) is 23.2. The van der Waals surface area contributed by atoms with Crippen LogP contribution in [0.5, 0.6) is 5.75 Å². The van der Waals surface area contributed by atoms with Crippen molar-refractivity contribution in [3.8, 4) is 5.75 Å². The number of nitrogens with zero attached hydrogens (tertiary/aromatic N) is 4. The van der Waals surface area contributed by atoms with Crippen molar-refractivity contribution in [3.05, 3.63) is 115 Å². The fourth-order valence-electron chi connectivity index (χ4n) is 7.32. The molecule has 10 nitrogen and oxygen atoms in total. The van der Waals surface area contributed by atoms with Crippen molar-refractivity contribution in [2.75, 3.05) is 5.01 Å². The molecule has 0 saturated heterocycles. The van der Waals surface area contributed by atoms with Crippen LogP contribution in [0.4, 0.5) is 11.4 Å². The van der Waals surface area contributed by atoms with E-state index < -0.39 is 40.1 Å². The molecule has 0 unspecified atom stereocenters. The Kier molecular flexibility index (Phi) is 6.83. The maximum absolute atomic E-state index is 14.9. The monoisotopic (exact) mass is 644 g/mol. The number of para-hydroxylation sites is 1. The summed E-state index contributed by atoms with van der Waals surface area (Å²) >= 11 is 13.2. The Morgan fingerprint density at radius 1 is 1.02 bits per heavy atom. The van der Waals surface area contributed by atoms with Crippen molar-refractivity contribution < 1.29 is 23.8 Å². The number of anilines is 1. The van der Waals surface area contributed by atoms with Crippen molar-refractivity contribution in [1.82, 2.24) is 5.16 Å². The normalized spacial score (nSPS) is 25.5. The molecule has 1 fully saturated rings. The van der Waals surface area contributed by atoms with Crippen LogP contribution < -0.4 is 9.75 Å². The second kappa shape index (κ2) is 10.5. The number of amides is 1. The third kappa shape index (κ3) is 4.30. The largest absolute Gasteiger partial charge is 0.488 e. The van der Waals surface area contributed by atoms with Crippen molar-refractivity contribution in [1.29, 1.82) is 0 Å². The molecule has 1 saturated carbocycles. The van der Waals surface area contributed by atoms with Crippen LogP contribution in [0, 0.1) is 35.3 Å². The Morgan fingerprint density at radius 3 is 2.49 bits per heavy atom. The predicted octanol–water partition coefficient (Wildman–Crippen LogP) is 7.45. The zero-order chi connectivity index (χ0) is 31.8. The van der Waals surface area contributed by atoms with Gasteiger partial charge in [0.2, 0.25) is 5.76 Å². The molecular formula is C33H26Cl2N4O6. The number of rotatable bonds is 4. The highest BCUT2D eigenvalue weighted by Crippen LogP contribution is 2.63. The van der Waals surface area contributed by atoms with E-state index in [-0.39, 0.29) is 34.4 Å². The minimum atomic E-state index is -1.48. The van der Waals surface area contributed by atoms with E-state index in [4.69, 9.17) is 37.6 Å². The third-order valence-corrected chi connectivity index (χ3v) is 9.86. The lowest BCUT2D eigenvalue weighted by atomic mass is 9.52. The van der Waals surface area contributed by atoms with Crippen molar-refractivity contribution >= 4 is 52.0 Å². The summed E-state index contributed by atoms with van der Waals surface area (Å²) < 4.78 is 12.4. The van der Waals surface area contributed by atoms with Gasteiger partial charge in [0.25, 0.3) is 5.91 Å². The molecule has 0 radical (unpaired) electrons. The first-order valence-electron chi connectivity index (χ1n) is 14.3. The maximum Gasteiger partial charge on any atom is 0.334 e. The van der Waals surface area contributed by atoms with Gasteiger partial charge < -0.3 is 9.26 Å². The molecule has 3 aromatic carbocycles. The Hall–Kier alpha value is -4.54. The van der Waals surface area contributed by atoms with Crippen LogP contribution in [0.1, 0.15) is 58.1 Å². The van der Waals surface area contributed by atoms with Gasteiger partial charge in [0.05, 0.1) is 39.1 Å². The van der Waals surface area contributed by atoms with Gasteiger partial charge in [0.15, 0.2) is 11.5 Å². The highest BCUT2D eigenvalue weighted by atomic mass is 35.5. The van der Waals surface area contributed by atoms with Crippen LogP contribution in [-0.4, -0.2) is 33.6 Å². The fraction of sp³-hybridized carbons (Fsp3) is 0.273. The van der Waals surface area contributed by atoms with Crippen LogP contribution >= 0.6 is 23.2 Å². The first kappa shape index (κ1) is 29.2. The van der Waals surface area contributed by atoms with E-state index in [0.717, 1.165) is 5.56 Å². The molecule has 45 heavy (non-hydrogen) atoms.